The number of aromatic amines is 1. The Hall–Kier alpha value is -2.17. The van der Waals surface area contributed by atoms with E-state index >= 15 is 0 Å². The normalized spacial score (nSPS) is 21.6. The largest absolute Gasteiger partial charge is 0.342 e. The molecule has 1 unspecified atom stereocenters. The Balaban J connectivity index is 1.34. The predicted molar refractivity (Wildman–Crippen MR) is 96.8 cm³/mol. The van der Waals surface area contributed by atoms with E-state index in [1.165, 1.54) is 19.3 Å². The van der Waals surface area contributed by atoms with Crippen LogP contribution in [0.15, 0.2) is 30.3 Å². The van der Waals surface area contributed by atoms with Crippen molar-refractivity contribution >= 4 is 5.91 Å². The molecule has 1 aliphatic heterocycles. The molecule has 0 bridgehead atoms. The molecule has 1 amide bonds. The Morgan fingerprint density at radius 1 is 1.12 bits per heavy atom. The van der Waals surface area contributed by atoms with Gasteiger partial charge in [-0.2, -0.15) is 5.10 Å². The zero-order valence-corrected chi connectivity index (χ0v) is 14.7. The molecule has 1 saturated carbocycles. The minimum atomic E-state index is 0.280. The van der Waals surface area contributed by atoms with Gasteiger partial charge in [0.15, 0.2) is 5.82 Å². The highest BCUT2D eigenvalue weighted by atomic mass is 16.2. The van der Waals surface area contributed by atoms with E-state index in [0.717, 1.165) is 56.0 Å². The number of nitrogens with one attached hydrogen (secondary N) is 1. The average Bonchev–Trinajstić information content (AvgIpc) is 3.33. The number of hydrogen-bond donors (Lipinski definition) is 1. The number of carbonyl (C=O) groups excluding carboxylic acids is 1. The third-order valence-corrected chi connectivity index (χ3v) is 5.60. The van der Waals surface area contributed by atoms with Gasteiger partial charge < -0.3 is 4.90 Å². The van der Waals surface area contributed by atoms with Gasteiger partial charge in [0.1, 0.15) is 5.82 Å². The molecular formula is C20H26N4O. The van der Waals surface area contributed by atoms with Crippen molar-refractivity contribution in [3.05, 3.63) is 36.2 Å². The Labute approximate surface area is 148 Å². The predicted octanol–water partition coefficient (Wildman–Crippen LogP) is 3.44. The van der Waals surface area contributed by atoms with Crippen LogP contribution in [0.2, 0.25) is 0 Å². The SMILES string of the molecule is O=C(C1CCCCC1)N1CCC(Cc2nc(-c3ccccc3)n[nH]2)C1. The molecular weight excluding hydrogens is 312 g/mol. The van der Waals surface area contributed by atoms with E-state index in [9.17, 15) is 4.79 Å². The van der Waals surface area contributed by atoms with Crippen LogP contribution in [0.4, 0.5) is 0 Å². The molecule has 5 nitrogen and oxygen atoms in total. The van der Waals surface area contributed by atoms with Gasteiger partial charge in [0.2, 0.25) is 5.91 Å². The van der Waals surface area contributed by atoms with Gasteiger partial charge in [-0.05, 0) is 25.2 Å². The summed E-state index contributed by atoms with van der Waals surface area (Å²) in [6.07, 6.45) is 7.84. The Kier molecular flexibility index (Phi) is 4.81. The van der Waals surface area contributed by atoms with Crippen LogP contribution in [-0.2, 0) is 11.2 Å². The standard InChI is InChI=1S/C20H26N4O/c25-20(17-9-5-2-6-10-17)24-12-11-15(14-24)13-18-21-19(23-22-18)16-7-3-1-4-8-16/h1,3-4,7-8,15,17H,2,5-6,9-14H2,(H,21,22,23). The Morgan fingerprint density at radius 2 is 1.92 bits per heavy atom. The maximum Gasteiger partial charge on any atom is 0.225 e. The summed E-state index contributed by atoms with van der Waals surface area (Å²) in [5, 5.41) is 7.41. The zero-order chi connectivity index (χ0) is 17.1. The van der Waals surface area contributed by atoms with Crippen LogP contribution < -0.4 is 0 Å². The van der Waals surface area contributed by atoms with Crippen molar-refractivity contribution in [2.75, 3.05) is 13.1 Å². The number of aromatic nitrogens is 3. The van der Waals surface area contributed by atoms with Gasteiger partial charge in [0, 0.05) is 31.0 Å². The molecule has 2 fully saturated rings. The van der Waals surface area contributed by atoms with Crippen molar-refractivity contribution < 1.29 is 4.79 Å². The fourth-order valence-electron chi connectivity index (χ4n) is 4.18. The van der Waals surface area contributed by atoms with E-state index in [1.54, 1.807) is 0 Å². The van der Waals surface area contributed by atoms with Crippen LogP contribution in [-0.4, -0.2) is 39.1 Å². The van der Waals surface area contributed by atoms with Gasteiger partial charge in [0.05, 0.1) is 0 Å². The van der Waals surface area contributed by atoms with Crippen LogP contribution in [0, 0.1) is 11.8 Å². The summed E-state index contributed by atoms with van der Waals surface area (Å²) in [5.74, 6) is 2.84. The van der Waals surface area contributed by atoms with Crippen molar-refractivity contribution in [2.45, 2.75) is 44.9 Å². The van der Waals surface area contributed by atoms with E-state index in [0.29, 0.717) is 11.8 Å². The highest BCUT2D eigenvalue weighted by Gasteiger charge is 2.31. The summed E-state index contributed by atoms with van der Waals surface area (Å²) in [6.45, 7) is 1.77. The van der Waals surface area contributed by atoms with Crippen molar-refractivity contribution in [2.24, 2.45) is 11.8 Å². The first-order chi connectivity index (χ1) is 12.3. The fourth-order valence-corrected chi connectivity index (χ4v) is 4.18. The van der Waals surface area contributed by atoms with Gasteiger partial charge in [0.25, 0.3) is 0 Å². The number of benzene rings is 1. The maximum absolute atomic E-state index is 12.7. The van der Waals surface area contributed by atoms with Crippen molar-refractivity contribution in [3.8, 4) is 11.4 Å². The third-order valence-electron chi connectivity index (χ3n) is 5.60. The Morgan fingerprint density at radius 3 is 2.72 bits per heavy atom. The number of hydrogen-bond acceptors (Lipinski definition) is 3. The van der Waals surface area contributed by atoms with Gasteiger partial charge in [-0.15, -0.1) is 0 Å². The van der Waals surface area contributed by atoms with Gasteiger partial charge >= 0.3 is 0 Å². The third kappa shape index (κ3) is 3.75. The fraction of sp³-hybridized carbons (Fsp3) is 0.550. The quantitative estimate of drug-likeness (QED) is 0.929. The highest BCUT2D eigenvalue weighted by Crippen LogP contribution is 2.28. The van der Waals surface area contributed by atoms with E-state index in [4.69, 9.17) is 0 Å². The van der Waals surface area contributed by atoms with Gasteiger partial charge in [-0.3, -0.25) is 9.89 Å². The number of amides is 1. The van der Waals surface area contributed by atoms with Gasteiger partial charge in [-0.1, -0.05) is 49.6 Å². The molecule has 2 aliphatic rings. The second-order valence-corrected chi connectivity index (χ2v) is 7.45. The topological polar surface area (TPSA) is 61.9 Å². The van der Waals surface area contributed by atoms with Crippen molar-refractivity contribution in [3.63, 3.8) is 0 Å². The van der Waals surface area contributed by atoms with Crippen LogP contribution in [0.3, 0.4) is 0 Å². The van der Waals surface area contributed by atoms with Crippen LogP contribution in [0.1, 0.15) is 44.3 Å². The lowest BCUT2D eigenvalue weighted by Crippen LogP contribution is -2.35. The molecule has 5 heteroatoms. The van der Waals surface area contributed by atoms with E-state index in [-0.39, 0.29) is 5.92 Å². The first-order valence-electron chi connectivity index (χ1n) is 9.55. The lowest BCUT2D eigenvalue weighted by Gasteiger charge is -2.26. The molecule has 25 heavy (non-hydrogen) atoms. The number of carbonyl (C=O) groups is 1. The number of H-pyrrole nitrogens is 1. The Bertz CT molecular complexity index is 705. The number of likely N-dealkylation sites (tertiary alicyclic amines) is 1. The number of rotatable bonds is 4. The smallest absolute Gasteiger partial charge is 0.225 e. The van der Waals surface area contributed by atoms with Gasteiger partial charge in [-0.25, -0.2) is 4.98 Å². The molecule has 1 aliphatic carbocycles. The average molecular weight is 338 g/mol. The van der Waals surface area contributed by atoms with E-state index in [2.05, 4.69) is 20.1 Å². The summed E-state index contributed by atoms with van der Waals surface area (Å²) in [5.41, 5.74) is 1.03. The summed E-state index contributed by atoms with van der Waals surface area (Å²) in [6, 6.07) is 10.0. The molecule has 2 heterocycles. The molecule has 1 aromatic carbocycles. The molecule has 2 aromatic rings. The molecule has 0 radical (unpaired) electrons. The van der Waals surface area contributed by atoms with E-state index < -0.39 is 0 Å². The minimum Gasteiger partial charge on any atom is -0.342 e. The van der Waals surface area contributed by atoms with Crippen LogP contribution in [0.25, 0.3) is 11.4 Å². The second kappa shape index (κ2) is 7.38. The zero-order valence-electron chi connectivity index (χ0n) is 14.7. The minimum absolute atomic E-state index is 0.280. The summed E-state index contributed by atoms with van der Waals surface area (Å²) in [7, 11) is 0. The first-order valence-corrected chi connectivity index (χ1v) is 9.55. The molecule has 132 valence electrons. The van der Waals surface area contributed by atoms with Crippen LogP contribution in [0.5, 0.6) is 0 Å². The first kappa shape index (κ1) is 16.3. The summed E-state index contributed by atoms with van der Waals surface area (Å²) in [4.78, 5) is 19.4. The summed E-state index contributed by atoms with van der Waals surface area (Å²) < 4.78 is 0. The monoisotopic (exact) mass is 338 g/mol. The summed E-state index contributed by atoms with van der Waals surface area (Å²) >= 11 is 0. The maximum atomic E-state index is 12.7. The molecule has 0 spiro atoms. The molecule has 1 atom stereocenters. The van der Waals surface area contributed by atoms with Crippen molar-refractivity contribution in [1.29, 1.82) is 0 Å². The van der Waals surface area contributed by atoms with Crippen LogP contribution >= 0.6 is 0 Å². The molecule has 1 saturated heterocycles. The van der Waals surface area contributed by atoms with Crippen molar-refractivity contribution in [1.82, 2.24) is 20.1 Å². The van der Waals surface area contributed by atoms with E-state index in [1.807, 2.05) is 30.3 Å². The number of nitrogens with zero attached hydrogens (tertiary/aromatic N) is 3. The lowest BCUT2D eigenvalue weighted by molar-refractivity contribution is -0.135. The highest BCUT2D eigenvalue weighted by molar-refractivity contribution is 5.79. The lowest BCUT2D eigenvalue weighted by atomic mass is 9.88. The molecule has 1 N–H and O–H groups in total. The second-order valence-electron chi connectivity index (χ2n) is 7.45. The molecule has 4 rings (SSSR count). The molecule has 1 aromatic heterocycles.